The highest BCUT2D eigenvalue weighted by molar-refractivity contribution is 6.22. The lowest BCUT2D eigenvalue weighted by Crippen LogP contribution is -2.53. The number of amides is 2. The van der Waals surface area contributed by atoms with Crippen molar-refractivity contribution >= 4 is 29.4 Å². The number of methoxy groups -OCH3 is 2. The van der Waals surface area contributed by atoms with E-state index in [0.29, 0.717) is 0 Å². The summed E-state index contributed by atoms with van der Waals surface area (Å²) in [5.74, 6) is -2.49. The molecule has 0 bridgehead atoms. The van der Waals surface area contributed by atoms with Gasteiger partial charge in [0.2, 0.25) is 0 Å². The molecule has 2 heterocycles. The SMILES string of the molecule is COC(=O)[C@H](C[C@@H](C(=O)OC)N1c2ccccc2C[C@H]1C)N1C(=O)c2ccccc2C1=O. The van der Waals surface area contributed by atoms with Gasteiger partial charge in [-0.15, -0.1) is 0 Å². The van der Waals surface area contributed by atoms with Gasteiger partial charge in [0, 0.05) is 18.2 Å². The van der Waals surface area contributed by atoms with E-state index in [1.807, 2.05) is 36.1 Å². The lowest BCUT2D eigenvalue weighted by Gasteiger charge is -2.35. The molecule has 0 radical (unpaired) electrons. The molecule has 2 aromatic carbocycles. The number of rotatable bonds is 6. The van der Waals surface area contributed by atoms with Gasteiger partial charge in [0.05, 0.1) is 25.3 Å². The number of esters is 2. The number of hydrogen-bond acceptors (Lipinski definition) is 7. The fourth-order valence-electron chi connectivity index (χ4n) is 4.67. The second-order valence-corrected chi connectivity index (χ2v) is 7.93. The van der Waals surface area contributed by atoms with Crippen LogP contribution in [0.3, 0.4) is 0 Å². The molecule has 2 amide bonds. The zero-order chi connectivity index (χ0) is 23.0. The molecule has 8 heteroatoms. The monoisotopic (exact) mass is 436 g/mol. The summed E-state index contributed by atoms with van der Waals surface area (Å²) in [7, 11) is 2.46. The molecule has 0 saturated carbocycles. The van der Waals surface area contributed by atoms with Gasteiger partial charge in [0.1, 0.15) is 12.1 Å². The third-order valence-electron chi connectivity index (χ3n) is 6.13. The highest BCUT2D eigenvalue weighted by Crippen LogP contribution is 2.36. The third kappa shape index (κ3) is 3.41. The molecule has 0 N–H and O–H groups in total. The molecule has 0 saturated heterocycles. The molecule has 32 heavy (non-hydrogen) atoms. The zero-order valence-electron chi connectivity index (χ0n) is 18.1. The van der Waals surface area contributed by atoms with Gasteiger partial charge in [-0.1, -0.05) is 30.3 Å². The number of anilines is 1. The van der Waals surface area contributed by atoms with Crippen LogP contribution in [0.5, 0.6) is 0 Å². The molecule has 2 aromatic rings. The van der Waals surface area contributed by atoms with E-state index in [4.69, 9.17) is 9.47 Å². The highest BCUT2D eigenvalue weighted by atomic mass is 16.5. The fourth-order valence-corrected chi connectivity index (χ4v) is 4.67. The molecule has 166 valence electrons. The van der Waals surface area contributed by atoms with Crippen LogP contribution in [-0.2, 0) is 25.5 Å². The highest BCUT2D eigenvalue weighted by Gasteiger charge is 2.47. The average molecular weight is 436 g/mol. The van der Waals surface area contributed by atoms with E-state index in [0.717, 1.165) is 22.6 Å². The molecule has 0 aliphatic carbocycles. The molecule has 0 unspecified atom stereocenters. The topological polar surface area (TPSA) is 93.2 Å². The van der Waals surface area contributed by atoms with Crippen LogP contribution in [0.25, 0.3) is 0 Å². The van der Waals surface area contributed by atoms with E-state index in [2.05, 4.69) is 0 Å². The molecular weight excluding hydrogens is 412 g/mol. The second kappa shape index (κ2) is 8.45. The molecule has 0 fully saturated rings. The van der Waals surface area contributed by atoms with E-state index in [9.17, 15) is 19.2 Å². The standard InChI is InChI=1S/C24H24N2O6/c1-14-12-15-8-4-7-11-18(15)25(14)19(23(29)31-2)13-20(24(30)32-3)26-21(27)16-9-5-6-10-17(16)22(26)28/h4-11,14,19-20H,12-13H2,1-3H3/t14-,19+,20+/m1/s1. The maximum Gasteiger partial charge on any atom is 0.329 e. The van der Waals surface area contributed by atoms with Crippen LogP contribution >= 0.6 is 0 Å². The first-order valence-electron chi connectivity index (χ1n) is 10.4. The van der Waals surface area contributed by atoms with Crippen LogP contribution in [0.2, 0.25) is 0 Å². The molecule has 0 spiro atoms. The van der Waals surface area contributed by atoms with Gasteiger partial charge >= 0.3 is 11.9 Å². The van der Waals surface area contributed by atoms with Gasteiger partial charge in [-0.3, -0.25) is 14.5 Å². The van der Waals surface area contributed by atoms with Crippen molar-refractivity contribution in [2.75, 3.05) is 19.1 Å². The van der Waals surface area contributed by atoms with Crippen LogP contribution in [0.1, 0.15) is 39.6 Å². The van der Waals surface area contributed by atoms with E-state index in [1.165, 1.54) is 14.2 Å². The first-order valence-corrected chi connectivity index (χ1v) is 10.4. The third-order valence-corrected chi connectivity index (χ3v) is 6.13. The van der Waals surface area contributed by atoms with Crippen molar-refractivity contribution in [1.29, 1.82) is 0 Å². The van der Waals surface area contributed by atoms with Gasteiger partial charge < -0.3 is 14.4 Å². The zero-order valence-corrected chi connectivity index (χ0v) is 18.1. The number of benzene rings is 2. The summed E-state index contributed by atoms with van der Waals surface area (Å²) in [6, 6.07) is 11.9. The van der Waals surface area contributed by atoms with Gasteiger partial charge in [0.25, 0.3) is 11.8 Å². The average Bonchev–Trinajstić information content (AvgIpc) is 3.27. The molecule has 4 rings (SSSR count). The number of hydrogen-bond donors (Lipinski definition) is 0. The first-order chi connectivity index (χ1) is 15.4. The van der Waals surface area contributed by atoms with Crippen LogP contribution in [0, 0.1) is 0 Å². The summed E-state index contributed by atoms with van der Waals surface area (Å²) in [4.78, 5) is 54.6. The number of carbonyl (C=O) groups excluding carboxylic acids is 4. The summed E-state index contributed by atoms with van der Waals surface area (Å²) >= 11 is 0. The van der Waals surface area contributed by atoms with Crippen molar-refractivity contribution in [1.82, 2.24) is 4.90 Å². The first kappa shape index (κ1) is 21.5. The van der Waals surface area contributed by atoms with E-state index >= 15 is 0 Å². The summed E-state index contributed by atoms with van der Waals surface area (Å²) in [5.41, 5.74) is 2.38. The Morgan fingerprint density at radius 2 is 1.44 bits per heavy atom. The Kier molecular flexibility index (Phi) is 5.69. The predicted molar refractivity (Wildman–Crippen MR) is 115 cm³/mol. The summed E-state index contributed by atoms with van der Waals surface area (Å²) in [6.45, 7) is 1.98. The number of para-hydroxylation sites is 1. The van der Waals surface area contributed by atoms with Crippen molar-refractivity contribution in [2.24, 2.45) is 0 Å². The van der Waals surface area contributed by atoms with E-state index in [1.54, 1.807) is 24.3 Å². The quantitative estimate of drug-likeness (QED) is 0.506. The minimum absolute atomic E-state index is 0.0445. The maximum atomic E-state index is 13.0. The lowest BCUT2D eigenvalue weighted by molar-refractivity contribution is -0.147. The second-order valence-electron chi connectivity index (χ2n) is 7.93. The van der Waals surface area contributed by atoms with Gasteiger partial charge in [-0.05, 0) is 37.1 Å². The van der Waals surface area contributed by atoms with Crippen molar-refractivity contribution in [3.63, 3.8) is 0 Å². The molecule has 2 aliphatic rings. The van der Waals surface area contributed by atoms with Gasteiger partial charge in [0.15, 0.2) is 0 Å². The van der Waals surface area contributed by atoms with Crippen LogP contribution in [0.15, 0.2) is 48.5 Å². The van der Waals surface area contributed by atoms with Crippen LogP contribution in [0.4, 0.5) is 5.69 Å². The van der Waals surface area contributed by atoms with Crippen molar-refractivity contribution in [3.05, 3.63) is 65.2 Å². The summed E-state index contributed by atoms with van der Waals surface area (Å²) in [6.07, 6.45) is 0.572. The molecule has 3 atom stereocenters. The Hall–Kier alpha value is -3.68. The minimum Gasteiger partial charge on any atom is -0.467 e. The molecule has 2 aliphatic heterocycles. The minimum atomic E-state index is -1.28. The Morgan fingerprint density at radius 3 is 2.03 bits per heavy atom. The number of imide groups is 1. The van der Waals surface area contributed by atoms with Crippen LogP contribution in [-0.4, -0.2) is 61.0 Å². The molecule has 8 nitrogen and oxygen atoms in total. The fraction of sp³-hybridized carbons (Fsp3) is 0.333. The molecule has 0 aromatic heterocycles. The Bertz CT molecular complexity index is 1060. The summed E-state index contributed by atoms with van der Waals surface area (Å²) < 4.78 is 10.00. The Labute approximate surface area is 185 Å². The lowest BCUT2D eigenvalue weighted by atomic mass is 10.0. The van der Waals surface area contributed by atoms with Crippen molar-refractivity contribution < 1.29 is 28.7 Å². The van der Waals surface area contributed by atoms with Crippen molar-refractivity contribution in [3.8, 4) is 0 Å². The smallest absolute Gasteiger partial charge is 0.329 e. The van der Waals surface area contributed by atoms with Crippen molar-refractivity contribution in [2.45, 2.75) is 37.9 Å². The number of ether oxygens (including phenoxy) is 2. The summed E-state index contributed by atoms with van der Waals surface area (Å²) in [5, 5.41) is 0. The molecular formula is C24H24N2O6. The van der Waals surface area contributed by atoms with Gasteiger partial charge in [-0.25, -0.2) is 9.59 Å². The van der Waals surface area contributed by atoms with Crippen LogP contribution < -0.4 is 4.90 Å². The normalized spacial score (nSPS) is 18.8. The number of carbonyl (C=O) groups is 4. The van der Waals surface area contributed by atoms with E-state index < -0.39 is 35.8 Å². The Balaban J connectivity index is 1.73. The van der Waals surface area contributed by atoms with E-state index in [-0.39, 0.29) is 23.6 Å². The Morgan fingerprint density at radius 1 is 0.906 bits per heavy atom. The number of nitrogens with zero attached hydrogens (tertiary/aromatic N) is 2. The van der Waals surface area contributed by atoms with Gasteiger partial charge in [-0.2, -0.15) is 0 Å². The predicted octanol–water partition coefficient (Wildman–Crippen LogP) is 2.21. The number of fused-ring (bicyclic) bond motifs is 2. The maximum absolute atomic E-state index is 13.0. The largest absolute Gasteiger partial charge is 0.467 e.